The fourth-order valence-corrected chi connectivity index (χ4v) is 1.85. The van der Waals surface area contributed by atoms with Gasteiger partial charge < -0.3 is 9.88 Å². The van der Waals surface area contributed by atoms with Gasteiger partial charge in [-0.15, -0.1) is 0 Å². The van der Waals surface area contributed by atoms with Gasteiger partial charge in [-0.25, -0.2) is 4.98 Å². The lowest BCUT2D eigenvalue weighted by Crippen LogP contribution is -2.19. The maximum Gasteiger partial charge on any atom is 0.0991 e. The number of hydrogen-bond acceptors (Lipinski definition) is 2. The molecule has 1 atom stereocenters. The van der Waals surface area contributed by atoms with Crippen molar-refractivity contribution in [1.82, 2.24) is 14.9 Å². The van der Waals surface area contributed by atoms with Gasteiger partial charge in [0.1, 0.15) is 0 Å². The van der Waals surface area contributed by atoms with Crippen LogP contribution >= 0.6 is 0 Å². The molecule has 0 radical (unpaired) electrons. The van der Waals surface area contributed by atoms with Crippen LogP contribution < -0.4 is 5.32 Å². The number of nitrogens with zero attached hydrogens (tertiary/aromatic N) is 2. The third-order valence-electron chi connectivity index (χ3n) is 2.87. The Labute approximate surface area is 103 Å². The molecule has 90 valence electrons. The number of hydrogen-bond donors (Lipinski definition) is 1. The van der Waals surface area contributed by atoms with E-state index in [-0.39, 0.29) is 0 Å². The van der Waals surface area contributed by atoms with E-state index in [4.69, 9.17) is 0 Å². The van der Waals surface area contributed by atoms with Crippen LogP contribution in [0.1, 0.15) is 31.9 Å². The van der Waals surface area contributed by atoms with Crippen LogP contribution in [0.3, 0.4) is 0 Å². The minimum absolute atomic E-state index is 0.387. The first-order valence-corrected chi connectivity index (χ1v) is 6.13. The van der Waals surface area contributed by atoms with Crippen LogP contribution in [0.5, 0.6) is 0 Å². The van der Waals surface area contributed by atoms with Crippen molar-refractivity contribution in [3.8, 4) is 5.69 Å². The van der Waals surface area contributed by atoms with E-state index in [0.29, 0.717) is 6.04 Å². The molecule has 1 N–H and O–H groups in total. The molecule has 1 aromatic carbocycles. The quantitative estimate of drug-likeness (QED) is 0.854. The highest BCUT2D eigenvalue weighted by Crippen LogP contribution is 2.16. The minimum Gasteiger partial charge on any atom is -0.310 e. The average Bonchev–Trinajstić information content (AvgIpc) is 2.90. The van der Waals surface area contributed by atoms with Crippen molar-refractivity contribution in [3.63, 3.8) is 0 Å². The Morgan fingerprint density at radius 1 is 1.41 bits per heavy atom. The van der Waals surface area contributed by atoms with E-state index in [1.807, 2.05) is 17.1 Å². The molecule has 0 spiro atoms. The second kappa shape index (κ2) is 5.64. The highest BCUT2D eigenvalue weighted by Gasteiger charge is 2.05. The topological polar surface area (TPSA) is 29.9 Å². The molecule has 2 rings (SSSR count). The molecule has 3 nitrogen and oxygen atoms in total. The fraction of sp³-hybridized carbons (Fsp3) is 0.357. The van der Waals surface area contributed by atoms with E-state index in [9.17, 15) is 0 Å². The molecule has 2 aromatic rings. The Hall–Kier alpha value is -1.61. The van der Waals surface area contributed by atoms with Gasteiger partial charge >= 0.3 is 0 Å². The van der Waals surface area contributed by atoms with Crippen molar-refractivity contribution in [2.75, 3.05) is 6.54 Å². The second-order valence-corrected chi connectivity index (χ2v) is 4.24. The van der Waals surface area contributed by atoms with Gasteiger partial charge in [0.25, 0.3) is 0 Å². The summed E-state index contributed by atoms with van der Waals surface area (Å²) in [5, 5.41) is 3.50. The van der Waals surface area contributed by atoms with Crippen LogP contribution in [0.25, 0.3) is 5.69 Å². The molecule has 1 unspecified atom stereocenters. The van der Waals surface area contributed by atoms with Crippen LogP contribution in [0, 0.1) is 0 Å². The van der Waals surface area contributed by atoms with E-state index < -0.39 is 0 Å². The SMILES string of the molecule is CCCNC(C)c1cccc(-n2ccnc2)c1. The Kier molecular flexibility index (Phi) is 3.94. The smallest absolute Gasteiger partial charge is 0.0991 e. The Morgan fingerprint density at radius 3 is 3.00 bits per heavy atom. The van der Waals surface area contributed by atoms with Crippen molar-refractivity contribution >= 4 is 0 Å². The first-order valence-electron chi connectivity index (χ1n) is 6.13. The van der Waals surface area contributed by atoms with Gasteiger partial charge in [-0.2, -0.15) is 0 Å². The number of benzene rings is 1. The van der Waals surface area contributed by atoms with E-state index in [1.165, 1.54) is 5.56 Å². The summed E-state index contributed by atoms with van der Waals surface area (Å²) in [7, 11) is 0. The van der Waals surface area contributed by atoms with Crippen molar-refractivity contribution in [1.29, 1.82) is 0 Å². The maximum atomic E-state index is 4.07. The molecule has 0 aliphatic carbocycles. The lowest BCUT2D eigenvalue weighted by molar-refractivity contribution is 0.570. The van der Waals surface area contributed by atoms with Gasteiger partial charge in [0.05, 0.1) is 6.33 Å². The summed E-state index contributed by atoms with van der Waals surface area (Å²) >= 11 is 0. The van der Waals surface area contributed by atoms with Crippen LogP contribution in [0.15, 0.2) is 43.0 Å². The van der Waals surface area contributed by atoms with Crippen LogP contribution in [-0.4, -0.2) is 16.1 Å². The molecule has 1 heterocycles. The maximum absolute atomic E-state index is 4.07. The summed E-state index contributed by atoms with van der Waals surface area (Å²) in [6.45, 7) is 5.43. The summed E-state index contributed by atoms with van der Waals surface area (Å²) in [6.07, 6.45) is 6.74. The Bertz CT molecular complexity index is 448. The normalized spacial score (nSPS) is 12.6. The number of aromatic nitrogens is 2. The molecule has 0 aliphatic heterocycles. The number of imidazole rings is 1. The molecule has 1 aromatic heterocycles. The van der Waals surface area contributed by atoms with E-state index in [2.05, 4.69) is 48.4 Å². The zero-order valence-corrected chi connectivity index (χ0v) is 10.4. The van der Waals surface area contributed by atoms with Gasteiger partial charge in [0.15, 0.2) is 0 Å². The van der Waals surface area contributed by atoms with E-state index in [0.717, 1.165) is 18.7 Å². The van der Waals surface area contributed by atoms with Crippen LogP contribution in [0.2, 0.25) is 0 Å². The zero-order valence-electron chi connectivity index (χ0n) is 10.4. The molecule has 3 heteroatoms. The Balaban J connectivity index is 2.17. The molecule has 0 amide bonds. The first-order chi connectivity index (χ1) is 8.31. The molecule has 0 aliphatic rings. The van der Waals surface area contributed by atoms with Gasteiger partial charge in [-0.1, -0.05) is 19.1 Å². The monoisotopic (exact) mass is 229 g/mol. The van der Waals surface area contributed by atoms with Crippen LogP contribution in [0.4, 0.5) is 0 Å². The van der Waals surface area contributed by atoms with Gasteiger partial charge in [0.2, 0.25) is 0 Å². The second-order valence-electron chi connectivity index (χ2n) is 4.24. The molecular formula is C14H19N3. The summed E-state index contributed by atoms with van der Waals surface area (Å²) in [4.78, 5) is 4.07. The van der Waals surface area contributed by atoms with E-state index >= 15 is 0 Å². The first kappa shape index (κ1) is 11.9. The minimum atomic E-state index is 0.387. The standard InChI is InChI=1S/C14H19N3/c1-3-7-16-12(2)13-5-4-6-14(10-13)17-9-8-15-11-17/h4-6,8-12,16H,3,7H2,1-2H3. The predicted octanol–water partition coefficient (Wildman–Crippen LogP) is 2.93. The fourth-order valence-electron chi connectivity index (χ4n) is 1.85. The van der Waals surface area contributed by atoms with E-state index in [1.54, 1.807) is 6.20 Å². The van der Waals surface area contributed by atoms with Crippen molar-refractivity contribution in [2.45, 2.75) is 26.3 Å². The summed E-state index contributed by atoms with van der Waals surface area (Å²) in [6, 6.07) is 8.94. The number of rotatable bonds is 5. The largest absolute Gasteiger partial charge is 0.310 e. The highest BCUT2D eigenvalue weighted by atomic mass is 15.0. The lowest BCUT2D eigenvalue weighted by atomic mass is 10.1. The summed E-state index contributed by atoms with van der Waals surface area (Å²) in [5.74, 6) is 0. The highest BCUT2D eigenvalue weighted by molar-refractivity contribution is 5.36. The summed E-state index contributed by atoms with van der Waals surface area (Å²) < 4.78 is 2.02. The summed E-state index contributed by atoms with van der Waals surface area (Å²) in [5.41, 5.74) is 2.47. The molecule has 0 saturated carbocycles. The third kappa shape index (κ3) is 2.94. The lowest BCUT2D eigenvalue weighted by Gasteiger charge is -2.14. The third-order valence-corrected chi connectivity index (χ3v) is 2.87. The zero-order chi connectivity index (χ0) is 12.1. The van der Waals surface area contributed by atoms with Crippen molar-refractivity contribution in [3.05, 3.63) is 48.5 Å². The number of nitrogens with one attached hydrogen (secondary N) is 1. The predicted molar refractivity (Wildman–Crippen MR) is 70.3 cm³/mol. The molecule has 0 bridgehead atoms. The molecule has 0 fully saturated rings. The average molecular weight is 229 g/mol. The van der Waals surface area contributed by atoms with Gasteiger partial charge in [0, 0.05) is 24.1 Å². The van der Waals surface area contributed by atoms with Gasteiger partial charge in [-0.3, -0.25) is 0 Å². The van der Waals surface area contributed by atoms with Gasteiger partial charge in [-0.05, 0) is 37.6 Å². The molecule has 17 heavy (non-hydrogen) atoms. The van der Waals surface area contributed by atoms with Crippen LogP contribution in [-0.2, 0) is 0 Å². The van der Waals surface area contributed by atoms with Crippen molar-refractivity contribution in [2.24, 2.45) is 0 Å². The van der Waals surface area contributed by atoms with Crippen molar-refractivity contribution < 1.29 is 0 Å². The molecule has 0 saturated heterocycles. The Morgan fingerprint density at radius 2 is 2.29 bits per heavy atom. The molecular weight excluding hydrogens is 210 g/mol.